The Bertz CT molecular complexity index is 805. The molecule has 0 saturated carbocycles. The lowest BCUT2D eigenvalue weighted by Crippen LogP contribution is -2.20. The van der Waals surface area contributed by atoms with Crippen molar-refractivity contribution in [1.29, 1.82) is 0 Å². The monoisotopic (exact) mass is 313 g/mol. The van der Waals surface area contributed by atoms with Crippen molar-refractivity contribution >= 4 is 0 Å². The van der Waals surface area contributed by atoms with Crippen LogP contribution in [0.3, 0.4) is 0 Å². The number of halogens is 1. The van der Waals surface area contributed by atoms with Gasteiger partial charge in [-0.25, -0.2) is 14.1 Å². The molecule has 2 aromatic heterocycles. The predicted molar refractivity (Wildman–Crippen MR) is 86.7 cm³/mol. The van der Waals surface area contributed by atoms with Crippen molar-refractivity contribution in [2.75, 3.05) is 0 Å². The van der Waals surface area contributed by atoms with Gasteiger partial charge in [0.1, 0.15) is 11.6 Å². The molecule has 6 heteroatoms. The number of imidazole rings is 1. The van der Waals surface area contributed by atoms with Crippen LogP contribution < -0.4 is 5.32 Å². The second-order valence-corrected chi connectivity index (χ2v) is 5.63. The van der Waals surface area contributed by atoms with E-state index in [9.17, 15) is 4.39 Å². The van der Waals surface area contributed by atoms with Gasteiger partial charge in [0.2, 0.25) is 0 Å². The van der Waals surface area contributed by atoms with Crippen LogP contribution in [0.1, 0.15) is 30.0 Å². The van der Waals surface area contributed by atoms with Crippen molar-refractivity contribution in [3.63, 3.8) is 0 Å². The summed E-state index contributed by atoms with van der Waals surface area (Å²) in [5.74, 6) is 0.715. The molecule has 23 heavy (non-hydrogen) atoms. The summed E-state index contributed by atoms with van der Waals surface area (Å²) in [7, 11) is 1.97. The van der Waals surface area contributed by atoms with Gasteiger partial charge in [0.15, 0.2) is 0 Å². The molecule has 0 fully saturated rings. The highest BCUT2D eigenvalue weighted by Gasteiger charge is 2.14. The average Bonchev–Trinajstić information content (AvgIpc) is 3.11. The molecule has 3 rings (SSSR count). The first-order valence-electron chi connectivity index (χ1n) is 7.56. The third-order valence-electron chi connectivity index (χ3n) is 4.05. The highest BCUT2D eigenvalue weighted by atomic mass is 19.1. The zero-order chi connectivity index (χ0) is 16.4. The summed E-state index contributed by atoms with van der Waals surface area (Å²) >= 11 is 0. The van der Waals surface area contributed by atoms with Crippen LogP contribution in [0.15, 0.2) is 42.9 Å². The first-order chi connectivity index (χ1) is 11.1. The molecule has 0 spiro atoms. The Morgan fingerprint density at radius 3 is 2.87 bits per heavy atom. The first kappa shape index (κ1) is 15.4. The number of hydrogen-bond acceptors (Lipinski definition) is 3. The lowest BCUT2D eigenvalue weighted by Gasteiger charge is -2.14. The van der Waals surface area contributed by atoms with Crippen LogP contribution in [0.25, 0.3) is 5.69 Å². The van der Waals surface area contributed by atoms with Crippen molar-refractivity contribution in [3.8, 4) is 5.69 Å². The summed E-state index contributed by atoms with van der Waals surface area (Å²) in [5, 5.41) is 7.85. The van der Waals surface area contributed by atoms with Gasteiger partial charge in [-0.05, 0) is 32.0 Å². The van der Waals surface area contributed by atoms with Crippen LogP contribution in [0.5, 0.6) is 0 Å². The first-order valence-corrected chi connectivity index (χ1v) is 7.56. The number of hydrogen-bond donors (Lipinski definition) is 1. The second kappa shape index (κ2) is 6.34. The molecular weight excluding hydrogens is 293 g/mol. The molecule has 5 nitrogen and oxygen atoms in total. The Morgan fingerprint density at radius 2 is 2.17 bits per heavy atom. The lowest BCUT2D eigenvalue weighted by molar-refractivity contribution is 0.547. The average molecular weight is 313 g/mol. The van der Waals surface area contributed by atoms with Gasteiger partial charge in [0.25, 0.3) is 0 Å². The van der Waals surface area contributed by atoms with E-state index in [0.717, 1.165) is 22.8 Å². The largest absolute Gasteiger partial charge is 0.337 e. The number of aromatic nitrogens is 4. The SMILES string of the molecule is Cc1c([C@H](C)NCc2nccn2C)cnn1-c1cccc(F)c1. The highest BCUT2D eigenvalue weighted by Crippen LogP contribution is 2.20. The molecule has 3 aromatic rings. The minimum Gasteiger partial charge on any atom is -0.337 e. The van der Waals surface area contributed by atoms with Crippen LogP contribution in [-0.2, 0) is 13.6 Å². The van der Waals surface area contributed by atoms with E-state index in [2.05, 4.69) is 22.3 Å². The third-order valence-corrected chi connectivity index (χ3v) is 4.05. The standard InChI is InChI=1S/C17H20FN5/c1-12(20-11-17-19-7-8-22(17)3)16-10-21-23(13(16)2)15-6-4-5-14(18)9-15/h4-10,12,20H,11H2,1-3H3/t12-/m0/s1. The van der Waals surface area contributed by atoms with E-state index in [1.165, 1.54) is 12.1 Å². The van der Waals surface area contributed by atoms with E-state index in [-0.39, 0.29) is 11.9 Å². The van der Waals surface area contributed by atoms with E-state index >= 15 is 0 Å². The predicted octanol–water partition coefficient (Wildman–Crippen LogP) is 2.90. The highest BCUT2D eigenvalue weighted by molar-refractivity contribution is 5.35. The zero-order valence-corrected chi connectivity index (χ0v) is 13.5. The number of nitrogens with zero attached hydrogens (tertiary/aromatic N) is 4. The summed E-state index contributed by atoms with van der Waals surface area (Å²) in [5.41, 5.74) is 2.81. The van der Waals surface area contributed by atoms with Crippen LogP contribution >= 0.6 is 0 Å². The Balaban J connectivity index is 1.77. The maximum absolute atomic E-state index is 13.4. The zero-order valence-electron chi connectivity index (χ0n) is 13.5. The summed E-state index contributed by atoms with van der Waals surface area (Å²) < 4.78 is 17.2. The van der Waals surface area contributed by atoms with Gasteiger partial charge >= 0.3 is 0 Å². The quantitative estimate of drug-likeness (QED) is 0.788. The van der Waals surface area contributed by atoms with Crippen LogP contribution in [0, 0.1) is 12.7 Å². The molecule has 1 aromatic carbocycles. The maximum atomic E-state index is 13.4. The molecule has 0 aliphatic rings. The van der Waals surface area contributed by atoms with Crippen LogP contribution in [0.2, 0.25) is 0 Å². The summed E-state index contributed by atoms with van der Waals surface area (Å²) in [6, 6.07) is 6.57. The molecule has 1 atom stereocenters. The van der Waals surface area contributed by atoms with Gasteiger partial charge in [-0.1, -0.05) is 6.07 Å². The van der Waals surface area contributed by atoms with Crippen molar-refractivity contribution in [3.05, 3.63) is 65.8 Å². The smallest absolute Gasteiger partial charge is 0.125 e. The normalized spacial score (nSPS) is 12.5. The van der Waals surface area contributed by atoms with Crippen LogP contribution in [0.4, 0.5) is 4.39 Å². The van der Waals surface area contributed by atoms with Crippen molar-refractivity contribution in [1.82, 2.24) is 24.6 Å². The van der Waals surface area contributed by atoms with Crippen molar-refractivity contribution < 1.29 is 4.39 Å². The lowest BCUT2D eigenvalue weighted by atomic mass is 10.1. The van der Waals surface area contributed by atoms with Gasteiger partial charge in [-0.3, -0.25) is 0 Å². The summed E-state index contributed by atoms with van der Waals surface area (Å²) in [6.07, 6.45) is 5.54. The summed E-state index contributed by atoms with van der Waals surface area (Å²) in [4.78, 5) is 4.30. The summed E-state index contributed by atoms with van der Waals surface area (Å²) in [6.45, 7) is 4.75. The fourth-order valence-electron chi connectivity index (χ4n) is 2.64. The van der Waals surface area contributed by atoms with Gasteiger partial charge in [0.05, 0.1) is 18.4 Å². The molecule has 0 aliphatic carbocycles. The third kappa shape index (κ3) is 3.17. The molecule has 0 unspecified atom stereocenters. The van der Waals surface area contributed by atoms with E-state index in [1.54, 1.807) is 16.9 Å². The van der Waals surface area contributed by atoms with Crippen molar-refractivity contribution in [2.45, 2.75) is 26.4 Å². The number of benzene rings is 1. The molecule has 0 aliphatic heterocycles. The topological polar surface area (TPSA) is 47.7 Å². The number of rotatable bonds is 5. The Kier molecular flexibility index (Phi) is 4.25. The van der Waals surface area contributed by atoms with Crippen molar-refractivity contribution in [2.24, 2.45) is 7.05 Å². The number of nitrogens with one attached hydrogen (secondary N) is 1. The van der Waals surface area contributed by atoms with E-state index in [4.69, 9.17) is 0 Å². The van der Waals surface area contributed by atoms with Crippen LogP contribution in [-0.4, -0.2) is 19.3 Å². The molecule has 0 amide bonds. The van der Waals surface area contributed by atoms with E-state index in [1.807, 2.05) is 37.0 Å². The Hall–Kier alpha value is -2.47. The number of aryl methyl sites for hydroxylation is 1. The molecule has 0 bridgehead atoms. The molecule has 2 heterocycles. The minimum atomic E-state index is -0.264. The van der Waals surface area contributed by atoms with Gasteiger partial charge in [-0.2, -0.15) is 5.10 Å². The maximum Gasteiger partial charge on any atom is 0.125 e. The molecule has 0 radical (unpaired) electrons. The fourth-order valence-corrected chi connectivity index (χ4v) is 2.64. The second-order valence-electron chi connectivity index (χ2n) is 5.63. The Morgan fingerprint density at radius 1 is 1.35 bits per heavy atom. The van der Waals surface area contributed by atoms with Gasteiger partial charge < -0.3 is 9.88 Å². The van der Waals surface area contributed by atoms with E-state index in [0.29, 0.717) is 6.54 Å². The molecular formula is C17H20FN5. The van der Waals surface area contributed by atoms with E-state index < -0.39 is 0 Å². The molecule has 120 valence electrons. The molecule has 1 N–H and O–H groups in total. The molecule has 0 saturated heterocycles. The Labute approximate surface area is 134 Å². The fraction of sp³-hybridized carbons (Fsp3) is 0.294. The minimum absolute atomic E-state index is 0.119. The van der Waals surface area contributed by atoms with Gasteiger partial charge in [-0.15, -0.1) is 0 Å². The van der Waals surface area contributed by atoms with Gasteiger partial charge in [0, 0.05) is 36.7 Å².